The van der Waals surface area contributed by atoms with Crippen molar-refractivity contribution in [2.24, 2.45) is 0 Å². The highest BCUT2D eigenvalue weighted by Gasteiger charge is 2.02. The maximum Gasteiger partial charge on any atom is 0.250 e. The Morgan fingerprint density at radius 3 is 2.84 bits per heavy atom. The predicted molar refractivity (Wildman–Crippen MR) is 78.8 cm³/mol. The number of rotatable bonds is 5. The van der Waals surface area contributed by atoms with Gasteiger partial charge < -0.3 is 15.0 Å². The van der Waals surface area contributed by atoms with E-state index >= 15 is 0 Å². The summed E-state index contributed by atoms with van der Waals surface area (Å²) >= 11 is 1.63. The van der Waals surface area contributed by atoms with Crippen LogP contribution in [0.2, 0.25) is 0 Å². The zero-order chi connectivity index (χ0) is 13.7. The SMILES string of the molecule is CSc1ccccc1OCCn1cc(N)ccc1=O. The van der Waals surface area contributed by atoms with E-state index in [2.05, 4.69) is 0 Å². The molecule has 0 saturated carbocycles. The van der Waals surface area contributed by atoms with Crippen molar-refractivity contribution in [2.75, 3.05) is 18.6 Å². The number of ether oxygens (including phenoxy) is 1. The monoisotopic (exact) mass is 276 g/mol. The average molecular weight is 276 g/mol. The normalized spacial score (nSPS) is 10.4. The second-order valence-electron chi connectivity index (χ2n) is 3.99. The van der Waals surface area contributed by atoms with Crippen LogP contribution in [0, 0.1) is 0 Å². The Kier molecular flexibility index (Phi) is 4.52. The number of thioether (sulfide) groups is 1. The number of nitrogen functional groups attached to an aromatic ring is 1. The Morgan fingerprint density at radius 1 is 1.26 bits per heavy atom. The van der Waals surface area contributed by atoms with Gasteiger partial charge in [0.2, 0.25) is 0 Å². The molecule has 0 bridgehead atoms. The Bertz CT molecular complexity index is 610. The number of hydrogen-bond acceptors (Lipinski definition) is 4. The molecule has 0 radical (unpaired) electrons. The molecule has 100 valence electrons. The van der Waals surface area contributed by atoms with Crippen LogP contribution in [0.25, 0.3) is 0 Å². The van der Waals surface area contributed by atoms with Crippen molar-refractivity contribution in [3.05, 3.63) is 52.9 Å². The molecule has 0 aliphatic heterocycles. The molecule has 0 fully saturated rings. The van der Waals surface area contributed by atoms with Crippen molar-refractivity contribution in [1.82, 2.24) is 4.57 Å². The van der Waals surface area contributed by atoms with E-state index in [1.165, 1.54) is 6.07 Å². The lowest BCUT2D eigenvalue weighted by molar-refractivity contribution is 0.290. The third kappa shape index (κ3) is 3.54. The number of anilines is 1. The van der Waals surface area contributed by atoms with E-state index in [-0.39, 0.29) is 5.56 Å². The van der Waals surface area contributed by atoms with Crippen molar-refractivity contribution < 1.29 is 4.74 Å². The van der Waals surface area contributed by atoms with Gasteiger partial charge in [-0.25, -0.2) is 0 Å². The molecule has 0 saturated heterocycles. The summed E-state index contributed by atoms with van der Waals surface area (Å²) in [6.45, 7) is 0.910. The molecule has 0 aliphatic rings. The summed E-state index contributed by atoms with van der Waals surface area (Å²) in [5.74, 6) is 0.840. The van der Waals surface area contributed by atoms with Crippen molar-refractivity contribution in [2.45, 2.75) is 11.4 Å². The molecule has 0 aliphatic carbocycles. The maximum atomic E-state index is 11.6. The van der Waals surface area contributed by atoms with Crippen LogP contribution in [0.15, 0.2) is 52.3 Å². The molecule has 1 aromatic carbocycles. The summed E-state index contributed by atoms with van der Waals surface area (Å²) in [5.41, 5.74) is 6.15. The molecular weight excluding hydrogens is 260 g/mol. The first-order valence-electron chi connectivity index (χ1n) is 5.92. The van der Waals surface area contributed by atoms with E-state index in [1.54, 1.807) is 28.6 Å². The molecule has 0 atom stereocenters. The van der Waals surface area contributed by atoms with E-state index < -0.39 is 0 Å². The number of para-hydroxylation sites is 1. The largest absolute Gasteiger partial charge is 0.491 e. The zero-order valence-corrected chi connectivity index (χ0v) is 11.5. The predicted octanol–water partition coefficient (Wildman–Crippen LogP) is 2.23. The van der Waals surface area contributed by atoms with Crippen LogP contribution < -0.4 is 16.0 Å². The Hall–Kier alpha value is -1.88. The fourth-order valence-corrected chi connectivity index (χ4v) is 2.26. The smallest absolute Gasteiger partial charge is 0.250 e. The Labute approximate surface area is 116 Å². The third-order valence-electron chi connectivity index (χ3n) is 2.67. The van der Waals surface area contributed by atoms with Gasteiger partial charge in [0.1, 0.15) is 12.4 Å². The van der Waals surface area contributed by atoms with Crippen LogP contribution in [0.1, 0.15) is 0 Å². The average Bonchev–Trinajstić information content (AvgIpc) is 2.43. The van der Waals surface area contributed by atoms with Crippen molar-refractivity contribution in [1.29, 1.82) is 0 Å². The minimum absolute atomic E-state index is 0.0732. The van der Waals surface area contributed by atoms with Gasteiger partial charge in [-0.1, -0.05) is 12.1 Å². The molecule has 19 heavy (non-hydrogen) atoms. The summed E-state index contributed by atoms with van der Waals surface area (Å²) < 4.78 is 7.26. The second kappa shape index (κ2) is 6.33. The molecular formula is C14H16N2O2S. The number of nitrogens with zero attached hydrogens (tertiary/aromatic N) is 1. The van der Waals surface area contributed by atoms with Gasteiger partial charge >= 0.3 is 0 Å². The molecule has 4 nitrogen and oxygen atoms in total. The Balaban J connectivity index is 2.00. The highest BCUT2D eigenvalue weighted by Crippen LogP contribution is 2.26. The molecule has 0 unspecified atom stereocenters. The summed E-state index contributed by atoms with van der Waals surface area (Å²) in [4.78, 5) is 12.7. The summed E-state index contributed by atoms with van der Waals surface area (Å²) in [6, 6.07) is 10.9. The first-order chi connectivity index (χ1) is 9.20. The van der Waals surface area contributed by atoms with Crippen LogP contribution in [-0.2, 0) is 6.54 Å². The lowest BCUT2D eigenvalue weighted by atomic mass is 10.3. The van der Waals surface area contributed by atoms with Gasteiger partial charge in [-0.2, -0.15) is 0 Å². The van der Waals surface area contributed by atoms with Gasteiger partial charge in [0.25, 0.3) is 5.56 Å². The highest BCUT2D eigenvalue weighted by atomic mass is 32.2. The van der Waals surface area contributed by atoms with Gasteiger partial charge in [0.05, 0.1) is 6.54 Å². The number of nitrogens with two attached hydrogens (primary N) is 1. The minimum Gasteiger partial charge on any atom is -0.491 e. The van der Waals surface area contributed by atoms with Crippen LogP contribution >= 0.6 is 11.8 Å². The van der Waals surface area contributed by atoms with Crippen LogP contribution in [0.3, 0.4) is 0 Å². The van der Waals surface area contributed by atoms with Crippen molar-refractivity contribution in [3.8, 4) is 5.75 Å². The fourth-order valence-electron chi connectivity index (χ4n) is 1.72. The van der Waals surface area contributed by atoms with Crippen LogP contribution in [0.5, 0.6) is 5.75 Å². The zero-order valence-electron chi connectivity index (χ0n) is 10.7. The van der Waals surface area contributed by atoms with E-state index in [9.17, 15) is 4.79 Å². The van der Waals surface area contributed by atoms with E-state index in [0.29, 0.717) is 18.8 Å². The standard InChI is InChI=1S/C14H16N2O2S/c1-19-13-5-3-2-4-12(13)18-9-8-16-10-11(15)6-7-14(16)17/h2-7,10H,8-9,15H2,1H3. The lowest BCUT2D eigenvalue weighted by Crippen LogP contribution is -2.22. The number of benzene rings is 1. The van der Waals surface area contributed by atoms with Crippen LogP contribution in [-0.4, -0.2) is 17.4 Å². The quantitative estimate of drug-likeness (QED) is 0.851. The van der Waals surface area contributed by atoms with Gasteiger partial charge in [-0.05, 0) is 24.5 Å². The molecule has 0 spiro atoms. The lowest BCUT2D eigenvalue weighted by Gasteiger charge is -2.11. The molecule has 5 heteroatoms. The van der Waals surface area contributed by atoms with Gasteiger partial charge in [-0.3, -0.25) is 4.79 Å². The van der Waals surface area contributed by atoms with Gasteiger partial charge in [0, 0.05) is 22.8 Å². The summed E-state index contributed by atoms with van der Waals surface area (Å²) in [5, 5.41) is 0. The third-order valence-corrected chi connectivity index (χ3v) is 3.44. The molecule has 1 aromatic heterocycles. The fraction of sp³-hybridized carbons (Fsp3) is 0.214. The van der Waals surface area contributed by atoms with Crippen molar-refractivity contribution >= 4 is 17.4 Å². The molecule has 2 N–H and O–H groups in total. The van der Waals surface area contributed by atoms with Crippen molar-refractivity contribution in [3.63, 3.8) is 0 Å². The number of hydrogen-bond donors (Lipinski definition) is 1. The van der Waals surface area contributed by atoms with Gasteiger partial charge in [0.15, 0.2) is 0 Å². The first-order valence-corrected chi connectivity index (χ1v) is 7.15. The summed E-state index contributed by atoms with van der Waals surface area (Å²) in [7, 11) is 0. The van der Waals surface area contributed by atoms with E-state index in [0.717, 1.165) is 10.6 Å². The molecule has 2 aromatic rings. The molecule has 0 amide bonds. The summed E-state index contributed by atoms with van der Waals surface area (Å²) in [6.07, 6.45) is 3.64. The minimum atomic E-state index is -0.0732. The van der Waals surface area contributed by atoms with Crippen LogP contribution in [0.4, 0.5) is 5.69 Å². The highest BCUT2D eigenvalue weighted by molar-refractivity contribution is 7.98. The topological polar surface area (TPSA) is 57.2 Å². The Morgan fingerprint density at radius 2 is 2.05 bits per heavy atom. The molecule has 1 heterocycles. The number of aromatic nitrogens is 1. The number of pyridine rings is 1. The van der Waals surface area contributed by atoms with E-state index in [4.69, 9.17) is 10.5 Å². The first kappa shape index (κ1) is 13.5. The van der Waals surface area contributed by atoms with Gasteiger partial charge in [-0.15, -0.1) is 11.8 Å². The maximum absolute atomic E-state index is 11.6. The second-order valence-corrected chi connectivity index (χ2v) is 4.84. The van der Waals surface area contributed by atoms with E-state index in [1.807, 2.05) is 30.5 Å². The molecule has 2 rings (SSSR count).